The lowest BCUT2D eigenvalue weighted by Gasteiger charge is -2.17. The molecule has 5 nitrogen and oxygen atoms in total. The third-order valence-electron chi connectivity index (χ3n) is 3.50. The molecule has 0 fully saturated rings. The van der Waals surface area contributed by atoms with Crippen LogP contribution in [0.4, 0.5) is 5.69 Å². The molecule has 0 aliphatic heterocycles. The van der Waals surface area contributed by atoms with Gasteiger partial charge >= 0.3 is 0 Å². The molecule has 0 unspecified atom stereocenters. The Kier molecular flexibility index (Phi) is 10.9. The second kappa shape index (κ2) is 11.8. The molecule has 26 heavy (non-hydrogen) atoms. The maximum Gasteiger partial charge on any atom is 0.246 e. The first-order chi connectivity index (χ1) is 11.5. The van der Waals surface area contributed by atoms with Crippen molar-refractivity contribution < 1.29 is 9.59 Å². The van der Waals surface area contributed by atoms with E-state index in [9.17, 15) is 9.59 Å². The number of hydrogen-bond acceptors (Lipinski definition) is 3. The highest BCUT2D eigenvalue weighted by molar-refractivity contribution is 6.30. The standard InChI is InChI=1S/C18H20ClN3O2.2ClH/c1-12(17(23)22-15-5-3-2-4-6-15)21-18(24)16(20)11-13-7-9-14(19)10-8-13;;/h2-10,12,16H,11,20H2,1H3,(H,21,24)(H,22,23);2*1H/t12-,16-;;/m0../s1. The number of benzene rings is 2. The largest absolute Gasteiger partial charge is 0.343 e. The molecule has 0 spiro atoms. The highest BCUT2D eigenvalue weighted by Gasteiger charge is 2.20. The zero-order chi connectivity index (χ0) is 17.5. The van der Waals surface area contributed by atoms with E-state index in [1.807, 2.05) is 30.3 Å². The van der Waals surface area contributed by atoms with Crippen molar-refractivity contribution in [3.05, 3.63) is 65.2 Å². The monoisotopic (exact) mass is 417 g/mol. The number of carbonyl (C=O) groups is 2. The topological polar surface area (TPSA) is 84.2 Å². The van der Waals surface area contributed by atoms with Gasteiger partial charge in [0.05, 0.1) is 6.04 Å². The van der Waals surface area contributed by atoms with Crippen LogP contribution < -0.4 is 16.4 Å². The summed E-state index contributed by atoms with van der Waals surface area (Å²) >= 11 is 5.83. The lowest BCUT2D eigenvalue weighted by atomic mass is 10.1. The molecule has 2 amide bonds. The molecule has 4 N–H and O–H groups in total. The van der Waals surface area contributed by atoms with Crippen LogP contribution in [0.1, 0.15) is 12.5 Å². The molecule has 0 saturated carbocycles. The second-order valence-electron chi connectivity index (χ2n) is 5.52. The number of para-hydroxylation sites is 1. The van der Waals surface area contributed by atoms with E-state index in [4.69, 9.17) is 17.3 Å². The van der Waals surface area contributed by atoms with Crippen LogP contribution in [0.2, 0.25) is 5.02 Å². The first kappa shape index (κ1) is 24.2. The normalized spacial score (nSPS) is 12.0. The summed E-state index contributed by atoms with van der Waals surface area (Å²) in [6.45, 7) is 1.62. The van der Waals surface area contributed by atoms with Crippen molar-refractivity contribution in [1.82, 2.24) is 5.32 Å². The third kappa shape index (κ3) is 7.62. The lowest BCUT2D eigenvalue weighted by molar-refractivity contribution is -0.127. The molecule has 2 aromatic rings. The van der Waals surface area contributed by atoms with Crippen LogP contribution in [0.3, 0.4) is 0 Å². The molecule has 2 atom stereocenters. The Balaban J connectivity index is 0.00000312. The molecule has 0 aliphatic rings. The van der Waals surface area contributed by atoms with Crippen molar-refractivity contribution in [3.8, 4) is 0 Å². The van der Waals surface area contributed by atoms with Gasteiger partial charge in [0.2, 0.25) is 11.8 Å². The van der Waals surface area contributed by atoms with Crippen molar-refractivity contribution >= 4 is 53.9 Å². The second-order valence-corrected chi connectivity index (χ2v) is 5.96. The summed E-state index contributed by atoms with van der Waals surface area (Å²) in [5, 5.41) is 5.99. The maximum atomic E-state index is 12.1. The Morgan fingerprint density at radius 3 is 2.15 bits per heavy atom. The summed E-state index contributed by atoms with van der Waals surface area (Å²) in [5.41, 5.74) is 7.49. The highest BCUT2D eigenvalue weighted by Crippen LogP contribution is 2.11. The molecule has 0 aromatic heterocycles. The molecule has 2 aromatic carbocycles. The van der Waals surface area contributed by atoms with Crippen LogP contribution in [-0.2, 0) is 16.0 Å². The highest BCUT2D eigenvalue weighted by atomic mass is 35.5. The molecule has 0 bridgehead atoms. The summed E-state index contributed by atoms with van der Waals surface area (Å²) in [4.78, 5) is 24.2. The predicted octanol–water partition coefficient (Wildman–Crippen LogP) is 3.20. The quantitative estimate of drug-likeness (QED) is 0.673. The number of amides is 2. The predicted molar refractivity (Wildman–Crippen MR) is 110 cm³/mol. The Hall–Kier alpha value is -1.79. The average Bonchev–Trinajstić information content (AvgIpc) is 2.57. The molecule has 0 aliphatic carbocycles. The fraction of sp³-hybridized carbons (Fsp3) is 0.222. The van der Waals surface area contributed by atoms with E-state index in [-0.39, 0.29) is 36.6 Å². The van der Waals surface area contributed by atoms with Crippen molar-refractivity contribution in [2.75, 3.05) is 5.32 Å². The van der Waals surface area contributed by atoms with Crippen LogP contribution >= 0.6 is 36.4 Å². The van der Waals surface area contributed by atoms with Gasteiger partial charge in [-0.3, -0.25) is 9.59 Å². The first-order valence-electron chi connectivity index (χ1n) is 7.62. The van der Waals surface area contributed by atoms with Gasteiger partial charge in [0, 0.05) is 10.7 Å². The van der Waals surface area contributed by atoms with E-state index in [2.05, 4.69) is 10.6 Å². The molecule has 142 valence electrons. The summed E-state index contributed by atoms with van der Waals surface area (Å²) in [7, 11) is 0. The van der Waals surface area contributed by atoms with Gasteiger partial charge in [0.1, 0.15) is 6.04 Å². The van der Waals surface area contributed by atoms with Crippen molar-refractivity contribution in [2.45, 2.75) is 25.4 Å². The number of rotatable bonds is 6. The van der Waals surface area contributed by atoms with Gasteiger partial charge in [-0.15, -0.1) is 24.8 Å². The molecule has 0 saturated heterocycles. The van der Waals surface area contributed by atoms with Crippen LogP contribution in [0.25, 0.3) is 0 Å². The van der Waals surface area contributed by atoms with Crippen molar-refractivity contribution in [3.63, 3.8) is 0 Å². The van der Waals surface area contributed by atoms with Gasteiger partial charge in [-0.25, -0.2) is 0 Å². The van der Waals surface area contributed by atoms with E-state index >= 15 is 0 Å². The molecular formula is C18H22Cl3N3O2. The molecule has 0 heterocycles. The van der Waals surface area contributed by atoms with Crippen LogP contribution in [0.15, 0.2) is 54.6 Å². The fourth-order valence-electron chi connectivity index (χ4n) is 2.13. The summed E-state index contributed by atoms with van der Waals surface area (Å²) in [6, 6.07) is 14.8. The van der Waals surface area contributed by atoms with Crippen molar-refractivity contribution in [1.29, 1.82) is 0 Å². The lowest BCUT2D eigenvalue weighted by Crippen LogP contribution is -2.49. The Bertz CT molecular complexity index is 697. The Labute approximate surface area is 170 Å². The number of halogens is 3. The van der Waals surface area contributed by atoms with Crippen LogP contribution in [0, 0.1) is 0 Å². The third-order valence-corrected chi connectivity index (χ3v) is 3.75. The van der Waals surface area contributed by atoms with Crippen LogP contribution in [0.5, 0.6) is 0 Å². The van der Waals surface area contributed by atoms with E-state index in [1.54, 1.807) is 31.2 Å². The van der Waals surface area contributed by atoms with Crippen molar-refractivity contribution in [2.24, 2.45) is 5.73 Å². The summed E-state index contributed by atoms with van der Waals surface area (Å²) in [6.07, 6.45) is 0.371. The van der Waals surface area contributed by atoms with Crippen LogP contribution in [-0.4, -0.2) is 23.9 Å². The number of nitrogens with one attached hydrogen (secondary N) is 2. The number of nitrogens with two attached hydrogens (primary N) is 1. The minimum Gasteiger partial charge on any atom is -0.343 e. The van der Waals surface area contributed by atoms with Gasteiger partial charge in [0.25, 0.3) is 0 Å². The van der Waals surface area contributed by atoms with Gasteiger partial charge in [-0.05, 0) is 43.2 Å². The van der Waals surface area contributed by atoms with Gasteiger partial charge < -0.3 is 16.4 Å². The van der Waals surface area contributed by atoms with Gasteiger partial charge in [-0.2, -0.15) is 0 Å². The Morgan fingerprint density at radius 2 is 1.58 bits per heavy atom. The van der Waals surface area contributed by atoms with Gasteiger partial charge in [0.15, 0.2) is 0 Å². The van der Waals surface area contributed by atoms with E-state index < -0.39 is 12.1 Å². The number of anilines is 1. The zero-order valence-electron chi connectivity index (χ0n) is 14.1. The molecule has 8 heteroatoms. The summed E-state index contributed by atoms with van der Waals surface area (Å²) in [5.74, 6) is -0.672. The van der Waals surface area contributed by atoms with E-state index in [0.717, 1.165) is 5.56 Å². The zero-order valence-corrected chi connectivity index (χ0v) is 16.5. The summed E-state index contributed by atoms with van der Waals surface area (Å²) < 4.78 is 0. The molecule has 2 rings (SSSR count). The SMILES string of the molecule is C[C@H](NC(=O)[C@@H](N)Cc1ccc(Cl)cc1)C(=O)Nc1ccccc1.Cl.Cl. The minimum atomic E-state index is -0.738. The van der Waals surface area contributed by atoms with E-state index in [0.29, 0.717) is 17.1 Å². The number of carbonyl (C=O) groups excluding carboxylic acids is 2. The first-order valence-corrected chi connectivity index (χ1v) is 8.00. The Morgan fingerprint density at radius 1 is 1.00 bits per heavy atom. The molecular weight excluding hydrogens is 397 g/mol. The van der Waals surface area contributed by atoms with E-state index in [1.165, 1.54) is 0 Å². The smallest absolute Gasteiger partial charge is 0.246 e. The number of hydrogen-bond donors (Lipinski definition) is 3. The van der Waals surface area contributed by atoms with Gasteiger partial charge in [-0.1, -0.05) is 41.9 Å². The fourth-order valence-corrected chi connectivity index (χ4v) is 2.25. The minimum absolute atomic E-state index is 0. The molecule has 0 radical (unpaired) electrons. The average molecular weight is 419 g/mol. The maximum absolute atomic E-state index is 12.1.